The summed E-state index contributed by atoms with van der Waals surface area (Å²) in [5.41, 5.74) is 7.59. The Morgan fingerprint density at radius 2 is 0.832 bits per heavy atom. The van der Waals surface area contributed by atoms with Crippen LogP contribution in [0.1, 0.15) is 469 Å². The van der Waals surface area contributed by atoms with E-state index in [0.717, 1.165) is 121 Å². The first-order valence-corrected chi connectivity index (χ1v) is 61.6. The Morgan fingerprint density at radius 1 is 0.371 bits per heavy atom. The van der Waals surface area contributed by atoms with E-state index in [4.69, 9.17) is 4.74 Å². The molecule has 15 heterocycles. The number of hydrogen-bond acceptors (Lipinski definition) is 16. The van der Waals surface area contributed by atoms with Crippen molar-refractivity contribution in [2.75, 3.05) is 138 Å². The van der Waals surface area contributed by atoms with Crippen molar-refractivity contribution in [3.63, 3.8) is 0 Å². The Bertz CT molecular complexity index is 3020. The molecule has 0 spiro atoms. The van der Waals surface area contributed by atoms with Crippen LogP contribution in [0.2, 0.25) is 0 Å². The van der Waals surface area contributed by atoms with Crippen molar-refractivity contribution in [2.45, 2.75) is 497 Å². The second kappa shape index (κ2) is 126. The monoisotopic (exact) mass is 2030 g/mol. The SMILES string of the molecule is CC.CC.CC.CC.CC.CC.CC.CC.CC.CC.CC.CC.CC(C)N1CCCC1.CC(C)N1CCCCC1.CC1CCCC1.CC1CCN(C(C)C)C1.CC1CCN(C)C1.CC1CCNC1.CCC1CCCO1.CCN1CCC(C)C1.CCN1CCC(C)C1.CCN1CCCC(C)C1.CCc1cccnc1.CCc1cn2ccccc2n1.CCc1cnccn1.CCc1cscn1.CCc1nccn1C. The number of aryl methyl sites for hydroxylation is 6. The number of imidazole rings is 2. The van der Waals surface area contributed by atoms with E-state index in [-0.39, 0.29) is 0 Å². The van der Waals surface area contributed by atoms with Crippen molar-refractivity contribution in [2.24, 2.45) is 48.5 Å². The number of piperidine rings is 2. The molecular weight excluding hydrogens is 1770 g/mol. The van der Waals surface area contributed by atoms with Crippen molar-refractivity contribution < 1.29 is 4.74 Å². The van der Waals surface area contributed by atoms with Crippen LogP contribution in [-0.2, 0) is 43.9 Å². The molecule has 18 heteroatoms. The van der Waals surface area contributed by atoms with Gasteiger partial charge in [-0.3, -0.25) is 15.0 Å². The summed E-state index contributed by atoms with van der Waals surface area (Å²) in [6.07, 6.45) is 49.1. The first-order chi connectivity index (χ1) is 69.3. The molecule has 10 fully saturated rings. The predicted molar refractivity (Wildman–Crippen MR) is 654 cm³/mol. The molecule has 0 amide bonds. The van der Waals surface area contributed by atoms with Crippen molar-refractivity contribution in [3.8, 4) is 0 Å². The second-order valence-corrected chi connectivity index (χ2v) is 37.1. The van der Waals surface area contributed by atoms with Gasteiger partial charge in [0.25, 0.3) is 0 Å². The van der Waals surface area contributed by atoms with Gasteiger partial charge in [0.1, 0.15) is 11.5 Å². The first-order valence-electron chi connectivity index (χ1n) is 60.6. The van der Waals surface area contributed by atoms with Gasteiger partial charge < -0.3 is 53.3 Å². The maximum absolute atomic E-state index is 5.30. The van der Waals surface area contributed by atoms with Gasteiger partial charge in [0.05, 0.1) is 28.7 Å². The number of rotatable bonds is 12. The highest BCUT2D eigenvalue weighted by atomic mass is 32.1. The molecule has 6 aromatic heterocycles. The minimum Gasteiger partial charge on any atom is -0.378 e. The van der Waals surface area contributed by atoms with E-state index in [0.29, 0.717) is 6.10 Å². The molecular formula is C125H260N16OS. The maximum atomic E-state index is 5.30. The van der Waals surface area contributed by atoms with Crippen LogP contribution < -0.4 is 5.32 Å². The van der Waals surface area contributed by atoms with Crippen LogP contribution in [0.15, 0.2) is 97.0 Å². The number of nitrogens with one attached hydrogen (secondary N) is 1. The van der Waals surface area contributed by atoms with Gasteiger partial charge in [0.2, 0.25) is 0 Å². The van der Waals surface area contributed by atoms with E-state index in [2.05, 4.69) is 247 Å². The molecule has 6 aromatic rings. The summed E-state index contributed by atoms with van der Waals surface area (Å²) in [5, 5.41) is 5.34. The van der Waals surface area contributed by atoms with Gasteiger partial charge in [-0.2, -0.15) is 0 Å². The zero-order chi connectivity index (χ0) is 112. The number of ether oxygens (including phenoxy) is 1. The number of nitrogens with zero attached hydrogens (tertiary/aromatic N) is 15. The van der Waals surface area contributed by atoms with Gasteiger partial charge in [-0.15, -0.1) is 11.3 Å². The van der Waals surface area contributed by atoms with Gasteiger partial charge in [-0.1, -0.05) is 321 Å². The molecule has 7 atom stereocenters. The highest BCUT2D eigenvalue weighted by molar-refractivity contribution is 7.07. The number of aromatic nitrogens is 8. The van der Waals surface area contributed by atoms with Crippen LogP contribution in [-0.4, -0.2) is 235 Å². The van der Waals surface area contributed by atoms with Gasteiger partial charge in [-0.25, -0.2) is 15.0 Å². The Morgan fingerprint density at radius 3 is 1.07 bits per heavy atom. The smallest absolute Gasteiger partial charge is 0.136 e. The quantitative estimate of drug-likeness (QED) is 0.125. The molecule has 17 nitrogen and oxygen atoms in total. The first kappa shape index (κ1) is 161. The fourth-order valence-electron chi connectivity index (χ4n) is 15.8. The zero-order valence-electron chi connectivity index (χ0n) is 106. The summed E-state index contributed by atoms with van der Waals surface area (Å²) in [6, 6.07) is 12.4. The Labute approximate surface area is 903 Å². The molecule has 1 saturated carbocycles. The average molecular weight is 2040 g/mol. The third-order valence-corrected chi connectivity index (χ3v) is 24.9. The molecule has 10 aliphatic rings. The van der Waals surface area contributed by atoms with Crippen LogP contribution in [0, 0.1) is 41.4 Å². The lowest BCUT2D eigenvalue weighted by molar-refractivity contribution is 0.108. The summed E-state index contributed by atoms with van der Waals surface area (Å²) in [5.74, 6) is 7.86. The minimum absolute atomic E-state index is 0.597. The molecule has 9 saturated heterocycles. The third-order valence-electron chi connectivity index (χ3n) is 24.3. The van der Waals surface area contributed by atoms with Crippen molar-refractivity contribution in [1.29, 1.82) is 0 Å². The number of pyridine rings is 2. The van der Waals surface area contributed by atoms with E-state index >= 15 is 0 Å². The number of hydrogen-bond donors (Lipinski definition) is 1. The van der Waals surface area contributed by atoms with Gasteiger partial charge in [0, 0.05) is 132 Å². The normalized spacial score (nSPS) is 19.1. The van der Waals surface area contributed by atoms with Crippen LogP contribution in [0.25, 0.3) is 5.65 Å². The van der Waals surface area contributed by atoms with Gasteiger partial charge >= 0.3 is 0 Å². The third kappa shape index (κ3) is 99.1. The zero-order valence-corrected chi connectivity index (χ0v) is 107. The lowest BCUT2D eigenvalue weighted by Gasteiger charge is -2.29. The van der Waals surface area contributed by atoms with Crippen molar-refractivity contribution >= 4 is 17.0 Å². The minimum atomic E-state index is 0.597. The Hall–Kier alpha value is -4.60. The number of fused-ring (bicyclic) bond motifs is 1. The highest BCUT2D eigenvalue weighted by Gasteiger charge is 2.22. The maximum Gasteiger partial charge on any atom is 0.136 e. The van der Waals surface area contributed by atoms with Crippen molar-refractivity contribution in [1.82, 2.24) is 78.5 Å². The Kier molecular flexibility index (Phi) is 142. The predicted octanol–water partition coefficient (Wildman–Crippen LogP) is 34.5. The fraction of sp³-hybridized carbons (Fsp3) is 0.824. The summed E-state index contributed by atoms with van der Waals surface area (Å²) in [4.78, 5) is 42.0. The van der Waals surface area contributed by atoms with Crippen LogP contribution in [0.4, 0.5) is 0 Å². The molecule has 0 aromatic carbocycles. The van der Waals surface area contributed by atoms with Crippen molar-refractivity contribution in [3.05, 3.63) is 125 Å². The molecule has 7 unspecified atom stereocenters. The van der Waals surface area contributed by atoms with Gasteiger partial charge in [0.15, 0.2) is 0 Å². The second-order valence-electron chi connectivity index (χ2n) is 36.4. The van der Waals surface area contributed by atoms with Crippen LogP contribution >= 0.6 is 11.3 Å². The molecule has 1 N–H and O–H groups in total. The summed E-state index contributed by atoms with van der Waals surface area (Å²) in [7, 11) is 4.19. The molecule has 143 heavy (non-hydrogen) atoms. The number of likely N-dealkylation sites (tertiary alicyclic amines) is 7. The fourth-order valence-corrected chi connectivity index (χ4v) is 16.5. The topological polar surface area (TPSA) is 131 Å². The lowest BCUT2D eigenvalue weighted by atomic mass is 10.0. The summed E-state index contributed by atoms with van der Waals surface area (Å²) >= 11 is 1.65. The van der Waals surface area contributed by atoms with E-state index < -0.39 is 0 Å². The van der Waals surface area contributed by atoms with Crippen LogP contribution in [0.3, 0.4) is 0 Å². The summed E-state index contributed by atoms with van der Waals surface area (Å²) in [6.45, 7) is 123. The van der Waals surface area contributed by atoms with E-state index in [1.807, 2.05) is 237 Å². The molecule has 9 aliphatic heterocycles. The number of thiazole rings is 1. The average Bonchev–Trinajstić information content (AvgIpc) is 1.70. The van der Waals surface area contributed by atoms with Crippen LogP contribution in [0.5, 0.6) is 0 Å². The lowest BCUT2D eigenvalue weighted by Crippen LogP contribution is -2.35. The van der Waals surface area contributed by atoms with Gasteiger partial charge in [-0.05, 0) is 321 Å². The summed E-state index contributed by atoms with van der Waals surface area (Å²) < 4.78 is 9.37. The van der Waals surface area contributed by atoms with E-state index in [1.54, 1.807) is 36.1 Å². The Balaban J connectivity index is -0.000000143. The molecule has 0 bridgehead atoms. The van der Waals surface area contributed by atoms with E-state index in [1.165, 1.54) is 258 Å². The van der Waals surface area contributed by atoms with E-state index in [9.17, 15) is 0 Å². The molecule has 16 rings (SSSR count). The largest absolute Gasteiger partial charge is 0.378 e. The molecule has 0 radical (unpaired) electrons. The standard InChI is InChI=1S/C9H10N2.3C8H17N.3C7H15N.C7H9N.C6H10N2.C6H8N2.C6H13N.C6H12O.C6H12.C5H7NS.C5H11N.12C2H6/c1-2-8-7-11-6-4-3-5-9(11)10-8;1-7(2)9-5-4-8(3)6-9;1-8(2)9-6-4-3-5-7-9;1-3-9-6-4-5-8(2)7-9;1-7(2)8-5-3-4-6-8;2*1-3-8-5-4-7(2)6-8;1-2-7-4-3-5-8-6-7;1-3-6-7-4-5-8(6)2;1-2-6-5-7-3-4-8-6;1-6-3-4-7(2)5-6;1-2-6-4-3-5-7-6;1-6-4-2-3-5-6;1-2-5-3-7-4-6-5;1-5-2-3-6-4-5;12*1-2/h3-7H,2H2,1H3;7-8H,4-6H2,1-3H3;2*8H,3-7H2,1-2H3;3*7H,3-6H2,1-2H3;3-6H,2H2,1H3;4-5H,3H2,1-2H3;3-5H,2H2,1H3;6H,3-5H2,1-2H3;6H,2-5H2,1H3;6H,2-5H2,1H3;3-4H,2H2,1H3;5-6H,2-4H2,1H3;12*1-2H3. The molecule has 1 aliphatic carbocycles. The highest BCUT2D eigenvalue weighted by Crippen LogP contribution is 2.24. The molecule has 852 valence electrons.